The van der Waals surface area contributed by atoms with Gasteiger partial charge in [-0.05, 0) is 58.2 Å². The molecule has 1 saturated heterocycles. The number of benzene rings is 1. The molecule has 19 heavy (non-hydrogen) atoms. The van der Waals surface area contributed by atoms with Gasteiger partial charge in [-0.3, -0.25) is 4.90 Å². The summed E-state index contributed by atoms with van der Waals surface area (Å²) < 4.78 is 0. The number of likely N-dealkylation sites (tertiary alicyclic amines) is 1. The summed E-state index contributed by atoms with van der Waals surface area (Å²) in [6.07, 6.45) is 5.70. The smallest absolute Gasteiger partial charge is 0.106 e. The molecule has 1 aliphatic rings. The molecule has 1 aromatic rings. The maximum Gasteiger partial charge on any atom is 0.106 e. The molecule has 1 aliphatic heterocycles. The summed E-state index contributed by atoms with van der Waals surface area (Å²) in [4.78, 5) is 2.38. The molecule has 0 amide bonds. The topological polar surface area (TPSA) is 27.0 Å². The van der Waals surface area contributed by atoms with E-state index in [-0.39, 0.29) is 5.54 Å². The highest BCUT2D eigenvalue weighted by atomic mass is 15.2. The zero-order valence-corrected chi connectivity index (χ0v) is 12.2. The van der Waals surface area contributed by atoms with Crippen molar-refractivity contribution in [2.45, 2.75) is 51.5 Å². The molecule has 0 aliphatic carbocycles. The lowest BCUT2D eigenvalue weighted by Gasteiger charge is -2.38. The summed E-state index contributed by atoms with van der Waals surface area (Å²) in [6.45, 7) is 6.39. The average Bonchev–Trinajstić information content (AvgIpc) is 2.46. The van der Waals surface area contributed by atoms with Crippen molar-refractivity contribution in [3.63, 3.8) is 0 Å². The molecule has 2 rings (SSSR count). The number of nitriles is 1. The molecule has 1 atom stereocenters. The van der Waals surface area contributed by atoms with Crippen LogP contribution in [0.2, 0.25) is 0 Å². The quantitative estimate of drug-likeness (QED) is 0.821. The van der Waals surface area contributed by atoms with E-state index >= 15 is 0 Å². The molecule has 0 radical (unpaired) electrons. The summed E-state index contributed by atoms with van der Waals surface area (Å²) in [5.74, 6) is 0. The number of rotatable bonds is 4. The first-order chi connectivity index (χ1) is 9.14. The minimum absolute atomic E-state index is 0.301. The van der Waals surface area contributed by atoms with Gasteiger partial charge < -0.3 is 0 Å². The van der Waals surface area contributed by atoms with Gasteiger partial charge in [-0.25, -0.2) is 0 Å². The molecule has 0 N–H and O–H groups in total. The first kappa shape index (κ1) is 14.1. The Balaban J connectivity index is 2.00. The Labute approximate surface area is 117 Å². The molecule has 0 aromatic heterocycles. The second-order valence-electron chi connectivity index (χ2n) is 5.92. The predicted molar refractivity (Wildman–Crippen MR) is 78.9 cm³/mol. The largest absolute Gasteiger partial charge is 0.286 e. The van der Waals surface area contributed by atoms with Gasteiger partial charge in [-0.15, -0.1) is 0 Å². The first-order valence-electron chi connectivity index (χ1n) is 7.36. The second-order valence-corrected chi connectivity index (χ2v) is 5.92. The van der Waals surface area contributed by atoms with E-state index < -0.39 is 0 Å². The van der Waals surface area contributed by atoms with Gasteiger partial charge in [0.15, 0.2) is 0 Å². The maximum atomic E-state index is 9.58. The fourth-order valence-corrected chi connectivity index (χ4v) is 2.93. The summed E-state index contributed by atoms with van der Waals surface area (Å²) in [6, 6.07) is 11.2. The fraction of sp³-hybridized carbons (Fsp3) is 0.588. The Morgan fingerprint density at radius 1 is 1.26 bits per heavy atom. The van der Waals surface area contributed by atoms with Crippen molar-refractivity contribution < 1.29 is 0 Å². The average molecular weight is 256 g/mol. The Hall–Kier alpha value is -1.33. The molecule has 0 saturated carbocycles. The van der Waals surface area contributed by atoms with Crippen molar-refractivity contribution in [2.75, 3.05) is 13.1 Å². The van der Waals surface area contributed by atoms with E-state index in [0.717, 1.165) is 25.9 Å². The third kappa shape index (κ3) is 3.58. The van der Waals surface area contributed by atoms with Gasteiger partial charge in [-0.1, -0.05) is 36.2 Å². The van der Waals surface area contributed by atoms with E-state index in [1.165, 1.54) is 30.4 Å². The van der Waals surface area contributed by atoms with Crippen LogP contribution in [0, 0.1) is 18.3 Å². The highest BCUT2D eigenvalue weighted by Crippen LogP contribution is 2.25. The van der Waals surface area contributed by atoms with Crippen LogP contribution in [0.5, 0.6) is 0 Å². The number of nitrogens with zero attached hydrogens (tertiary/aromatic N) is 2. The molecule has 2 nitrogen and oxygen atoms in total. The Bertz CT molecular complexity index is 455. The summed E-state index contributed by atoms with van der Waals surface area (Å²) in [5, 5.41) is 9.58. The summed E-state index contributed by atoms with van der Waals surface area (Å²) in [5.41, 5.74) is 2.34. The van der Waals surface area contributed by atoms with Gasteiger partial charge in [-0.2, -0.15) is 5.26 Å². The van der Waals surface area contributed by atoms with Crippen LogP contribution in [-0.2, 0) is 6.42 Å². The van der Waals surface area contributed by atoms with Crippen molar-refractivity contribution in [2.24, 2.45) is 0 Å². The van der Waals surface area contributed by atoms with Crippen molar-refractivity contribution in [3.05, 3.63) is 35.4 Å². The van der Waals surface area contributed by atoms with E-state index in [0.29, 0.717) is 0 Å². The van der Waals surface area contributed by atoms with Crippen molar-refractivity contribution >= 4 is 0 Å². The molecule has 1 fully saturated rings. The van der Waals surface area contributed by atoms with Crippen LogP contribution < -0.4 is 0 Å². The van der Waals surface area contributed by atoms with Gasteiger partial charge in [0.25, 0.3) is 0 Å². The predicted octanol–water partition coefficient (Wildman–Crippen LogP) is 3.70. The van der Waals surface area contributed by atoms with Gasteiger partial charge in [0.2, 0.25) is 0 Å². The number of aryl methyl sites for hydroxylation is 2. The molecule has 2 heteroatoms. The van der Waals surface area contributed by atoms with Crippen LogP contribution in [0.25, 0.3) is 0 Å². The van der Waals surface area contributed by atoms with Gasteiger partial charge in [0.1, 0.15) is 5.54 Å². The number of hydrogen-bond acceptors (Lipinski definition) is 2. The Morgan fingerprint density at radius 3 is 2.63 bits per heavy atom. The van der Waals surface area contributed by atoms with Gasteiger partial charge >= 0.3 is 0 Å². The standard InChI is InChI=1S/C17H24N2/c1-15-7-6-8-16(13-15)9-10-17(2,14-18)19-11-4-3-5-12-19/h6-8,13H,3-5,9-12H2,1-2H3. The lowest BCUT2D eigenvalue weighted by molar-refractivity contribution is 0.117. The molecule has 0 spiro atoms. The van der Waals surface area contributed by atoms with Crippen molar-refractivity contribution in [1.82, 2.24) is 4.90 Å². The third-order valence-electron chi connectivity index (χ3n) is 4.28. The monoisotopic (exact) mass is 256 g/mol. The van der Waals surface area contributed by atoms with Crippen molar-refractivity contribution in [1.29, 1.82) is 5.26 Å². The lowest BCUT2D eigenvalue weighted by atomic mass is 9.90. The zero-order chi connectivity index (χ0) is 13.7. The summed E-state index contributed by atoms with van der Waals surface area (Å²) in [7, 11) is 0. The van der Waals surface area contributed by atoms with E-state index in [4.69, 9.17) is 0 Å². The maximum absolute atomic E-state index is 9.58. The molecule has 0 bridgehead atoms. The second kappa shape index (κ2) is 6.21. The fourth-order valence-electron chi connectivity index (χ4n) is 2.93. The molecule has 1 heterocycles. The molecule has 102 valence electrons. The van der Waals surface area contributed by atoms with Crippen LogP contribution in [-0.4, -0.2) is 23.5 Å². The number of piperidine rings is 1. The molecule has 1 unspecified atom stereocenters. The van der Waals surface area contributed by atoms with E-state index in [1.54, 1.807) is 0 Å². The van der Waals surface area contributed by atoms with Gasteiger partial charge in [0.05, 0.1) is 6.07 Å². The SMILES string of the molecule is Cc1cccc(CCC(C)(C#N)N2CCCCC2)c1. The highest BCUT2D eigenvalue weighted by molar-refractivity contribution is 5.23. The molecular weight excluding hydrogens is 232 g/mol. The Morgan fingerprint density at radius 2 is 2.00 bits per heavy atom. The lowest BCUT2D eigenvalue weighted by Crippen LogP contribution is -2.48. The van der Waals surface area contributed by atoms with Crippen LogP contribution in [0.1, 0.15) is 43.7 Å². The Kier molecular flexibility index (Phi) is 4.61. The van der Waals surface area contributed by atoms with Crippen LogP contribution in [0.3, 0.4) is 0 Å². The van der Waals surface area contributed by atoms with Crippen LogP contribution in [0.15, 0.2) is 24.3 Å². The first-order valence-corrected chi connectivity index (χ1v) is 7.36. The van der Waals surface area contributed by atoms with Crippen LogP contribution >= 0.6 is 0 Å². The van der Waals surface area contributed by atoms with Crippen molar-refractivity contribution in [3.8, 4) is 6.07 Å². The van der Waals surface area contributed by atoms with Gasteiger partial charge in [0, 0.05) is 0 Å². The highest BCUT2D eigenvalue weighted by Gasteiger charge is 2.32. The summed E-state index contributed by atoms with van der Waals surface area (Å²) >= 11 is 0. The minimum atomic E-state index is -0.301. The number of hydrogen-bond donors (Lipinski definition) is 0. The van der Waals surface area contributed by atoms with E-state index in [9.17, 15) is 5.26 Å². The zero-order valence-electron chi connectivity index (χ0n) is 12.2. The molecular formula is C17H24N2. The van der Waals surface area contributed by atoms with E-state index in [1.807, 2.05) is 0 Å². The molecule has 1 aromatic carbocycles. The van der Waals surface area contributed by atoms with Crippen LogP contribution in [0.4, 0.5) is 0 Å². The van der Waals surface area contributed by atoms with E-state index in [2.05, 4.69) is 49.1 Å². The normalized spacial score (nSPS) is 19.6. The minimum Gasteiger partial charge on any atom is -0.286 e. The third-order valence-corrected chi connectivity index (χ3v) is 4.28.